The summed E-state index contributed by atoms with van der Waals surface area (Å²) in [6, 6.07) is 20.1. The zero-order valence-electron chi connectivity index (χ0n) is 14.2. The van der Waals surface area contributed by atoms with E-state index in [2.05, 4.69) is 47.2 Å². The summed E-state index contributed by atoms with van der Waals surface area (Å²) in [5.41, 5.74) is 13.6. The fourth-order valence-corrected chi connectivity index (χ4v) is 3.14. The van der Waals surface area contributed by atoms with Crippen molar-refractivity contribution in [1.29, 1.82) is 0 Å². The van der Waals surface area contributed by atoms with Crippen molar-refractivity contribution in [3.8, 4) is 22.8 Å². The highest BCUT2D eigenvalue weighted by Crippen LogP contribution is 2.27. The maximum absolute atomic E-state index is 5.76. The van der Waals surface area contributed by atoms with Gasteiger partial charge in [0.25, 0.3) is 0 Å². The molecule has 3 aromatic carbocycles. The molecule has 5 rings (SSSR count). The molecule has 5 aromatic rings. The number of benzene rings is 3. The highest BCUT2D eigenvalue weighted by Gasteiger charge is 2.10. The summed E-state index contributed by atoms with van der Waals surface area (Å²) in [7, 11) is 0. The Balaban J connectivity index is 1.60. The fourth-order valence-electron chi connectivity index (χ4n) is 3.14. The summed E-state index contributed by atoms with van der Waals surface area (Å²) in [5, 5.41) is 0. The molecular formula is C21H17N5. The molecule has 0 saturated heterocycles. The second-order valence-electron chi connectivity index (χ2n) is 6.55. The number of fused-ring (bicyclic) bond motifs is 2. The molecule has 126 valence electrons. The number of aryl methyl sites for hydroxylation is 1. The van der Waals surface area contributed by atoms with Gasteiger partial charge in [-0.25, -0.2) is 9.97 Å². The van der Waals surface area contributed by atoms with E-state index < -0.39 is 0 Å². The third kappa shape index (κ3) is 2.41. The van der Waals surface area contributed by atoms with Crippen LogP contribution in [0.3, 0.4) is 0 Å². The molecule has 5 heteroatoms. The lowest BCUT2D eigenvalue weighted by Crippen LogP contribution is -1.84. The van der Waals surface area contributed by atoms with Crippen LogP contribution in [0.2, 0.25) is 0 Å². The lowest BCUT2D eigenvalue weighted by molar-refractivity contribution is 1.32. The number of nitrogens with one attached hydrogen (secondary N) is 2. The van der Waals surface area contributed by atoms with Crippen LogP contribution < -0.4 is 5.73 Å². The predicted molar refractivity (Wildman–Crippen MR) is 106 cm³/mol. The fraction of sp³-hybridized carbons (Fsp3) is 0.0476. The van der Waals surface area contributed by atoms with Gasteiger partial charge in [0.2, 0.25) is 0 Å². The number of imidazole rings is 2. The molecule has 0 saturated carbocycles. The number of nitrogens with two attached hydrogens (primary N) is 1. The molecule has 0 fully saturated rings. The number of anilines is 1. The van der Waals surface area contributed by atoms with Gasteiger partial charge in [0, 0.05) is 16.8 Å². The normalized spacial score (nSPS) is 11.4. The van der Waals surface area contributed by atoms with Crippen molar-refractivity contribution in [1.82, 2.24) is 19.9 Å². The smallest absolute Gasteiger partial charge is 0.138 e. The molecular weight excluding hydrogens is 322 g/mol. The number of hydrogen-bond donors (Lipinski definition) is 3. The van der Waals surface area contributed by atoms with Crippen LogP contribution >= 0.6 is 0 Å². The van der Waals surface area contributed by atoms with Crippen LogP contribution in [-0.4, -0.2) is 19.9 Å². The van der Waals surface area contributed by atoms with Crippen LogP contribution in [0, 0.1) is 6.92 Å². The highest BCUT2D eigenvalue weighted by molar-refractivity contribution is 5.94. The van der Waals surface area contributed by atoms with Crippen molar-refractivity contribution >= 4 is 27.8 Å². The van der Waals surface area contributed by atoms with E-state index >= 15 is 0 Å². The van der Waals surface area contributed by atoms with E-state index in [1.54, 1.807) is 0 Å². The quantitative estimate of drug-likeness (QED) is 0.409. The highest BCUT2D eigenvalue weighted by atomic mass is 14.9. The molecule has 26 heavy (non-hydrogen) atoms. The molecule has 0 aliphatic heterocycles. The average molecular weight is 339 g/mol. The van der Waals surface area contributed by atoms with Crippen molar-refractivity contribution in [3.63, 3.8) is 0 Å². The van der Waals surface area contributed by atoms with E-state index in [1.807, 2.05) is 30.3 Å². The number of H-pyrrole nitrogens is 2. The summed E-state index contributed by atoms with van der Waals surface area (Å²) < 4.78 is 0. The molecule has 2 heterocycles. The first-order valence-electron chi connectivity index (χ1n) is 8.48. The van der Waals surface area contributed by atoms with E-state index in [0.29, 0.717) is 0 Å². The van der Waals surface area contributed by atoms with E-state index in [1.165, 1.54) is 5.56 Å². The number of aromatic amines is 2. The Bertz CT molecular complexity index is 1080. The van der Waals surface area contributed by atoms with Gasteiger partial charge in [-0.3, -0.25) is 0 Å². The topological polar surface area (TPSA) is 83.4 Å². The Labute approximate surface area is 149 Å². The average Bonchev–Trinajstić information content (AvgIpc) is 3.23. The third-order valence-electron chi connectivity index (χ3n) is 4.59. The second kappa shape index (κ2) is 5.46. The molecule has 0 spiro atoms. The van der Waals surface area contributed by atoms with Gasteiger partial charge in [0.15, 0.2) is 0 Å². The zero-order valence-corrected chi connectivity index (χ0v) is 14.2. The van der Waals surface area contributed by atoms with Crippen molar-refractivity contribution in [2.24, 2.45) is 0 Å². The van der Waals surface area contributed by atoms with E-state index in [0.717, 1.165) is 50.5 Å². The number of nitrogens with zero attached hydrogens (tertiary/aromatic N) is 2. The SMILES string of the molecule is Cc1ccc(-c2nc3cc4nc(-c5ccc(N)cc5)[nH]c4cc3[nH]2)cc1. The van der Waals surface area contributed by atoms with Crippen molar-refractivity contribution in [3.05, 3.63) is 66.2 Å². The van der Waals surface area contributed by atoms with Gasteiger partial charge in [0.05, 0.1) is 22.1 Å². The van der Waals surface area contributed by atoms with Crippen molar-refractivity contribution in [2.45, 2.75) is 6.92 Å². The lowest BCUT2D eigenvalue weighted by atomic mass is 10.1. The van der Waals surface area contributed by atoms with Crippen molar-refractivity contribution < 1.29 is 0 Å². The van der Waals surface area contributed by atoms with E-state index in [-0.39, 0.29) is 0 Å². The van der Waals surface area contributed by atoms with Gasteiger partial charge in [-0.15, -0.1) is 0 Å². The van der Waals surface area contributed by atoms with Gasteiger partial charge >= 0.3 is 0 Å². The minimum absolute atomic E-state index is 0.742. The number of rotatable bonds is 2. The molecule has 0 bridgehead atoms. The molecule has 0 radical (unpaired) electrons. The minimum Gasteiger partial charge on any atom is -0.399 e. The minimum atomic E-state index is 0.742. The van der Waals surface area contributed by atoms with Gasteiger partial charge < -0.3 is 15.7 Å². The molecule has 4 N–H and O–H groups in total. The van der Waals surface area contributed by atoms with Crippen LogP contribution in [0.5, 0.6) is 0 Å². The Morgan fingerprint density at radius 1 is 0.692 bits per heavy atom. The molecule has 0 aliphatic carbocycles. The monoisotopic (exact) mass is 339 g/mol. The Hall–Kier alpha value is -3.60. The number of nitrogen functional groups attached to an aromatic ring is 1. The first-order chi connectivity index (χ1) is 12.7. The van der Waals surface area contributed by atoms with Crippen LogP contribution in [0.1, 0.15) is 5.56 Å². The lowest BCUT2D eigenvalue weighted by Gasteiger charge is -1.96. The molecule has 5 nitrogen and oxygen atoms in total. The number of aromatic nitrogens is 4. The standard InChI is InChI=1S/C21H17N5/c1-12-2-4-13(5-3-12)20-23-16-10-18-19(11-17(16)24-20)26-21(25-18)14-6-8-15(22)9-7-14/h2-11H,22H2,1H3,(H,23,24)(H,25,26). The van der Waals surface area contributed by atoms with Gasteiger partial charge in [-0.2, -0.15) is 0 Å². The van der Waals surface area contributed by atoms with Gasteiger partial charge in [-0.05, 0) is 43.3 Å². The maximum Gasteiger partial charge on any atom is 0.138 e. The third-order valence-corrected chi connectivity index (χ3v) is 4.59. The Morgan fingerprint density at radius 3 is 1.73 bits per heavy atom. The summed E-state index contributed by atoms with van der Waals surface area (Å²) in [6.45, 7) is 2.08. The number of hydrogen-bond acceptors (Lipinski definition) is 3. The van der Waals surface area contributed by atoms with Gasteiger partial charge in [0.1, 0.15) is 11.6 Å². The molecule has 0 amide bonds. The molecule has 0 atom stereocenters. The molecule has 0 unspecified atom stereocenters. The summed E-state index contributed by atoms with van der Waals surface area (Å²) >= 11 is 0. The molecule has 0 aliphatic rings. The summed E-state index contributed by atoms with van der Waals surface area (Å²) in [5.74, 6) is 1.69. The second-order valence-corrected chi connectivity index (χ2v) is 6.55. The first kappa shape index (κ1) is 14.7. The van der Waals surface area contributed by atoms with Crippen LogP contribution in [-0.2, 0) is 0 Å². The van der Waals surface area contributed by atoms with E-state index in [9.17, 15) is 0 Å². The summed E-state index contributed by atoms with van der Waals surface area (Å²) in [6.07, 6.45) is 0. The molecule has 2 aromatic heterocycles. The van der Waals surface area contributed by atoms with Crippen molar-refractivity contribution in [2.75, 3.05) is 5.73 Å². The van der Waals surface area contributed by atoms with Crippen LogP contribution in [0.25, 0.3) is 44.8 Å². The Kier molecular flexibility index (Phi) is 3.09. The largest absolute Gasteiger partial charge is 0.399 e. The van der Waals surface area contributed by atoms with Crippen LogP contribution in [0.4, 0.5) is 5.69 Å². The zero-order chi connectivity index (χ0) is 17.7. The van der Waals surface area contributed by atoms with Gasteiger partial charge in [-0.1, -0.05) is 29.8 Å². The first-order valence-corrected chi connectivity index (χ1v) is 8.48. The summed E-state index contributed by atoms with van der Waals surface area (Å²) in [4.78, 5) is 16.2. The predicted octanol–water partition coefficient (Wildman–Crippen LogP) is 4.66. The maximum atomic E-state index is 5.76. The van der Waals surface area contributed by atoms with Crippen LogP contribution in [0.15, 0.2) is 60.7 Å². The van der Waals surface area contributed by atoms with E-state index in [4.69, 9.17) is 15.7 Å². The Morgan fingerprint density at radius 2 is 1.19 bits per heavy atom.